The van der Waals surface area contributed by atoms with Gasteiger partial charge in [-0.3, -0.25) is 0 Å². The molecule has 0 saturated heterocycles. The third-order valence-corrected chi connectivity index (χ3v) is 4.14. The number of hydrogen-bond donors (Lipinski definition) is 0. The lowest BCUT2D eigenvalue weighted by Crippen LogP contribution is -2.38. The van der Waals surface area contributed by atoms with Crippen LogP contribution in [0.25, 0.3) is 0 Å². The Morgan fingerprint density at radius 2 is 1.85 bits per heavy atom. The van der Waals surface area contributed by atoms with Crippen molar-refractivity contribution in [3.05, 3.63) is 26.8 Å². The fourth-order valence-corrected chi connectivity index (χ4v) is 1.97. The van der Waals surface area contributed by atoms with Crippen molar-refractivity contribution in [2.45, 2.75) is 33.3 Å². The molecule has 0 aromatic heterocycles. The molecule has 1 aromatic carbocycles. The lowest BCUT2D eigenvalue weighted by Gasteiger charge is -2.19. The van der Waals surface area contributed by atoms with Crippen LogP contribution in [0.15, 0.2) is 12.1 Å². The van der Waals surface area contributed by atoms with Gasteiger partial charge in [0, 0.05) is 15.9 Å². The molecule has 0 aliphatic heterocycles. The molecule has 0 aliphatic carbocycles. The zero-order valence-corrected chi connectivity index (χ0v) is 10.5. The van der Waals surface area contributed by atoms with Gasteiger partial charge in [-0.05, 0) is 47.4 Å². The van der Waals surface area contributed by atoms with Crippen LogP contribution in [0.2, 0.25) is 19.6 Å². The molecule has 0 unspecified atom stereocenters. The first-order valence-corrected chi connectivity index (χ1v) is 7.77. The Bertz CT molecular complexity index is 613. The highest BCUT2D eigenvalue weighted by Crippen LogP contribution is 2.16. The van der Waals surface area contributed by atoms with E-state index >= 15 is 0 Å². The third-order valence-electron chi connectivity index (χ3n) is 1.56. The van der Waals surface area contributed by atoms with E-state index < -0.39 is 51.5 Å². The van der Waals surface area contributed by atoms with E-state index in [0.717, 1.165) is 0 Å². The molecule has 0 amide bonds. The van der Waals surface area contributed by atoms with E-state index in [9.17, 15) is 0 Å². The Morgan fingerprint density at radius 1 is 1.31 bits per heavy atom. The summed E-state index contributed by atoms with van der Waals surface area (Å²) in [7, 11) is -3.49. The van der Waals surface area contributed by atoms with Crippen LogP contribution < -0.4 is 5.19 Å². The summed E-state index contributed by atoms with van der Waals surface area (Å²) < 4.78 is 85.2. The molecule has 0 bridgehead atoms. The summed E-state index contributed by atoms with van der Waals surface area (Å²) in [5.74, 6) is 0. The minimum atomic E-state index is -3.49. The number of benzene rings is 1. The van der Waals surface area contributed by atoms with Crippen LogP contribution in [0.4, 0.5) is 0 Å². The molecule has 0 aliphatic rings. The van der Waals surface area contributed by atoms with E-state index in [1.807, 2.05) is 0 Å². The molecular formula is C11H17ISi. The van der Waals surface area contributed by atoms with E-state index in [2.05, 4.69) is 0 Å². The topological polar surface area (TPSA) is 0 Å². The van der Waals surface area contributed by atoms with Gasteiger partial charge in [0.1, 0.15) is 0 Å². The molecule has 0 atom stereocenters. The predicted octanol–water partition coefficient (Wildman–Crippen LogP) is 3.45. The summed E-state index contributed by atoms with van der Waals surface area (Å²) >= 11 is 1.52. The Labute approximate surface area is 111 Å². The van der Waals surface area contributed by atoms with Crippen molar-refractivity contribution in [1.82, 2.24) is 0 Å². The predicted molar refractivity (Wildman–Crippen MR) is 71.6 cm³/mol. The highest BCUT2D eigenvalue weighted by atomic mass is 127. The van der Waals surface area contributed by atoms with Gasteiger partial charge in [-0.15, -0.1) is 0 Å². The average molecular weight is 315 g/mol. The first-order valence-electron chi connectivity index (χ1n) is 9.19. The summed E-state index contributed by atoms with van der Waals surface area (Å²) in [5.41, 5.74) is -0.991. The molecule has 13 heavy (non-hydrogen) atoms. The van der Waals surface area contributed by atoms with Crippen molar-refractivity contribution in [3.63, 3.8) is 0 Å². The van der Waals surface area contributed by atoms with Crippen LogP contribution in [0.1, 0.15) is 26.2 Å². The molecule has 1 aromatic rings. The first-order chi connectivity index (χ1) is 10.3. The van der Waals surface area contributed by atoms with Gasteiger partial charge in [0.2, 0.25) is 0 Å². The minimum Gasteiger partial charge on any atom is -0.0656 e. The molecule has 0 saturated carbocycles. The van der Waals surface area contributed by atoms with Crippen LogP contribution in [0, 0.1) is 17.3 Å². The van der Waals surface area contributed by atoms with Crippen LogP contribution in [-0.2, 0) is 0 Å². The first kappa shape index (κ1) is 3.34. The smallest absolute Gasteiger partial charge is 0.0656 e. The van der Waals surface area contributed by atoms with Gasteiger partial charge in [0.25, 0.3) is 0 Å². The fourth-order valence-electron chi connectivity index (χ4n) is 0.828. The molecule has 72 valence electrons. The molecule has 0 fully saturated rings. The second kappa shape index (κ2) is 3.73. The van der Waals surface area contributed by atoms with Gasteiger partial charge >= 0.3 is 0 Å². The van der Waals surface area contributed by atoms with Gasteiger partial charge < -0.3 is 0 Å². The maximum Gasteiger partial charge on any atom is 0.0776 e. The second-order valence-corrected chi connectivity index (χ2v) is 8.14. The molecular weight excluding hydrogens is 287 g/mol. The Morgan fingerprint density at radius 3 is 2.23 bits per heavy atom. The fraction of sp³-hybridized carbons (Fsp3) is 0.455. The maximum absolute atomic E-state index is 8.24. The monoisotopic (exact) mass is 315 g/mol. The lowest BCUT2D eigenvalue weighted by molar-refractivity contribution is 1.35. The van der Waals surface area contributed by atoms with Crippen molar-refractivity contribution < 1.29 is 15.1 Å². The normalized spacial score (nSPS) is 27.2. The van der Waals surface area contributed by atoms with Gasteiger partial charge in [0.15, 0.2) is 0 Å². The second-order valence-electron chi connectivity index (χ2n) is 3.31. The highest BCUT2D eigenvalue weighted by molar-refractivity contribution is 14.1. The van der Waals surface area contributed by atoms with Crippen molar-refractivity contribution in [3.8, 4) is 0 Å². The number of halogens is 1. The van der Waals surface area contributed by atoms with Crippen LogP contribution >= 0.6 is 22.6 Å². The number of rotatable bonds is 1. The largest absolute Gasteiger partial charge is 0.0776 e. The molecule has 0 nitrogen and oxygen atoms in total. The summed E-state index contributed by atoms with van der Waals surface area (Å²) in [6.45, 7) is -5.29. The Balaban J connectivity index is 4.14. The van der Waals surface area contributed by atoms with Gasteiger partial charge in [-0.25, -0.2) is 0 Å². The number of hydrogen-bond acceptors (Lipinski definition) is 0. The zero-order chi connectivity index (χ0) is 19.5. The lowest BCUT2D eigenvalue weighted by atomic mass is 10.2. The average Bonchev–Trinajstić information content (AvgIpc) is 2.21. The van der Waals surface area contributed by atoms with E-state index in [-0.39, 0.29) is 8.76 Å². The van der Waals surface area contributed by atoms with Gasteiger partial charge in [0.05, 0.1) is 10.8 Å². The molecule has 1 rings (SSSR count). The standard InChI is InChI=1S/C11H17ISi/c1-8-6-10(13(3,4)5)7-9(2)11(8)12/h6-7H,1-5H3/i1D3,2D3,3D3,6D,7D. The third kappa shape index (κ3) is 2.56. The SMILES string of the molecule is [2H]c1c(C([2H])([2H])[2H])c(I)c(C([2H])([2H])[2H])c([2H])c1[Si](C)(C)C([2H])([2H])[2H]. The Hall–Kier alpha value is 0.167. The van der Waals surface area contributed by atoms with Crippen LogP contribution in [-0.4, -0.2) is 8.07 Å². The zero-order valence-electron chi connectivity index (χ0n) is 18.4. The van der Waals surface area contributed by atoms with Crippen molar-refractivity contribution in [2.75, 3.05) is 0 Å². The maximum atomic E-state index is 8.24. The minimum absolute atomic E-state index is 0.193. The van der Waals surface area contributed by atoms with E-state index in [1.54, 1.807) is 0 Å². The van der Waals surface area contributed by atoms with Gasteiger partial charge in [-0.2, -0.15) is 0 Å². The van der Waals surface area contributed by atoms with Crippen LogP contribution in [0.3, 0.4) is 0 Å². The van der Waals surface area contributed by atoms with E-state index in [1.165, 1.54) is 35.7 Å². The van der Waals surface area contributed by atoms with Crippen LogP contribution in [0.5, 0.6) is 0 Å². The quantitative estimate of drug-likeness (QED) is 0.550. The van der Waals surface area contributed by atoms with Crippen molar-refractivity contribution in [2.24, 2.45) is 0 Å². The Kier molecular flexibility index (Phi) is 0.958. The molecule has 0 heterocycles. The summed E-state index contributed by atoms with van der Waals surface area (Å²) in [4.78, 5) is 0. The van der Waals surface area contributed by atoms with Gasteiger partial charge in [-0.1, -0.05) is 36.8 Å². The van der Waals surface area contributed by atoms with Crippen molar-refractivity contribution >= 4 is 35.9 Å². The molecule has 2 heteroatoms. The van der Waals surface area contributed by atoms with E-state index in [0.29, 0.717) is 0 Å². The summed E-state index contributed by atoms with van der Waals surface area (Å²) in [6, 6.07) is -1.10. The summed E-state index contributed by atoms with van der Waals surface area (Å²) in [6.07, 6.45) is 0. The molecule has 0 radical (unpaired) electrons. The molecule has 0 spiro atoms. The van der Waals surface area contributed by atoms with E-state index in [4.69, 9.17) is 15.1 Å². The summed E-state index contributed by atoms with van der Waals surface area (Å²) in [5, 5.41) is -0.250. The molecule has 0 N–H and O–H groups in total. The van der Waals surface area contributed by atoms with Crippen molar-refractivity contribution in [1.29, 1.82) is 0 Å². The highest BCUT2D eigenvalue weighted by Gasteiger charge is 2.17.